The van der Waals surface area contributed by atoms with Crippen LogP contribution < -0.4 is 39.1 Å². The predicted octanol–water partition coefficient (Wildman–Crippen LogP) is 7.19. The second-order valence-corrected chi connectivity index (χ2v) is 10.3. The van der Waals surface area contributed by atoms with E-state index in [2.05, 4.69) is 15.6 Å². The minimum atomic E-state index is -0.377. The highest BCUT2D eigenvalue weighted by molar-refractivity contribution is 7.22. The number of benzene rings is 3. The second kappa shape index (κ2) is 15.8. The number of fused-ring (bicyclic) bond motifs is 1. The molecule has 0 spiro atoms. The van der Waals surface area contributed by atoms with Gasteiger partial charge in [-0.15, -0.1) is 0 Å². The summed E-state index contributed by atoms with van der Waals surface area (Å²) >= 11 is 1.28. The van der Waals surface area contributed by atoms with Crippen LogP contribution in [0, 0.1) is 0 Å². The molecule has 1 aromatic heterocycles. The van der Waals surface area contributed by atoms with Crippen LogP contribution in [0.1, 0.15) is 62.3 Å². The molecule has 0 fully saturated rings. The zero-order chi connectivity index (χ0) is 32.3. The molecule has 2 N–H and O–H groups in total. The molecule has 3 aromatic carbocycles. The average Bonchev–Trinajstić information content (AvgIpc) is 3.42. The van der Waals surface area contributed by atoms with Crippen molar-refractivity contribution in [1.82, 2.24) is 4.98 Å². The molecule has 0 saturated heterocycles. The maximum absolute atomic E-state index is 13.3. The van der Waals surface area contributed by atoms with E-state index in [1.165, 1.54) is 11.3 Å². The van der Waals surface area contributed by atoms with E-state index >= 15 is 0 Å². The fraction of sp³-hybridized carbons (Fsp3) is 0.364. The van der Waals surface area contributed by atoms with Crippen LogP contribution in [0.25, 0.3) is 10.2 Å². The Hall–Kier alpha value is -4.71. The van der Waals surface area contributed by atoms with Gasteiger partial charge in [0.1, 0.15) is 0 Å². The Labute approximate surface area is 266 Å². The molecule has 1 heterocycles. The van der Waals surface area contributed by atoms with E-state index in [9.17, 15) is 9.59 Å². The number of rotatable bonds is 16. The number of hydrogen-bond acceptors (Lipinski definition) is 10. The minimum Gasteiger partial charge on any atom is -0.490 e. The fourth-order valence-electron chi connectivity index (χ4n) is 4.47. The monoisotopic (exact) mass is 637 g/mol. The van der Waals surface area contributed by atoms with Crippen molar-refractivity contribution in [1.29, 1.82) is 0 Å². The molecule has 240 valence electrons. The molecule has 45 heavy (non-hydrogen) atoms. The van der Waals surface area contributed by atoms with Crippen LogP contribution >= 0.6 is 11.3 Å². The van der Waals surface area contributed by atoms with Gasteiger partial charge in [0.2, 0.25) is 11.5 Å². The van der Waals surface area contributed by atoms with Crippen molar-refractivity contribution in [2.75, 3.05) is 50.3 Å². The minimum absolute atomic E-state index is 0.339. The van der Waals surface area contributed by atoms with Gasteiger partial charge in [-0.2, -0.15) is 0 Å². The van der Waals surface area contributed by atoms with Crippen molar-refractivity contribution in [3.63, 3.8) is 0 Å². The standard InChI is InChI=1S/C33H39N3O8S/c1-7-39-24-15-20(16-25(40-8-2)29(24)43-11-5)31(37)34-22-13-14-23-28(19-22)45-33(35-23)36-32(38)21-17-26(41-9-3)30(44-12-6)27(18-21)42-10-4/h13-19H,7-12H2,1-6H3,(H,34,37)(H,35,36,38). The van der Waals surface area contributed by atoms with E-state index in [4.69, 9.17) is 28.4 Å². The Morgan fingerprint density at radius 1 is 0.600 bits per heavy atom. The van der Waals surface area contributed by atoms with Crippen LogP contribution in [0.3, 0.4) is 0 Å². The Balaban J connectivity index is 1.55. The summed E-state index contributed by atoms with van der Waals surface area (Å²) in [5.41, 5.74) is 1.93. The number of carbonyl (C=O) groups is 2. The molecule has 0 saturated carbocycles. The molecule has 0 atom stereocenters. The molecule has 2 amide bonds. The third kappa shape index (κ3) is 8.07. The number of anilines is 2. The molecular formula is C33H39N3O8S. The maximum atomic E-state index is 13.3. The first-order valence-electron chi connectivity index (χ1n) is 15.0. The summed E-state index contributed by atoms with van der Waals surface area (Å²) in [6.07, 6.45) is 0. The Bertz CT molecular complexity index is 1500. The highest BCUT2D eigenvalue weighted by atomic mass is 32.1. The van der Waals surface area contributed by atoms with Gasteiger partial charge < -0.3 is 33.7 Å². The lowest BCUT2D eigenvalue weighted by Crippen LogP contribution is -2.13. The van der Waals surface area contributed by atoms with Crippen molar-refractivity contribution in [2.24, 2.45) is 0 Å². The van der Waals surface area contributed by atoms with Crippen LogP contribution in [0.15, 0.2) is 42.5 Å². The Morgan fingerprint density at radius 3 is 1.44 bits per heavy atom. The molecular weight excluding hydrogens is 598 g/mol. The van der Waals surface area contributed by atoms with Crippen molar-refractivity contribution < 1.29 is 38.0 Å². The third-order valence-corrected chi connectivity index (χ3v) is 7.14. The normalized spacial score (nSPS) is 10.7. The summed E-state index contributed by atoms with van der Waals surface area (Å²) in [7, 11) is 0. The summed E-state index contributed by atoms with van der Waals surface area (Å²) in [5.74, 6) is 1.92. The van der Waals surface area contributed by atoms with Gasteiger partial charge in [0.15, 0.2) is 28.1 Å². The van der Waals surface area contributed by atoms with Gasteiger partial charge in [-0.05, 0) is 84.0 Å². The van der Waals surface area contributed by atoms with Crippen molar-refractivity contribution in [3.8, 4) is 34.5 Å². The van der Waals surface area contributed by atoms with Gasteiger partial charge in [-0.1, -0.05) is 11.3 Å². The van der Waals surface area contributed by atoms with Crippen LogP contribution in [0.5, 0.6) is 34.5 Å². The molecule has 0 radical (unpaired) electrons. The maximum Gasteiger partial charge on any atom is 0.257 e. The van der Waals surface area contributed by atoms with Crippen molar-refractivity contribution in [2.45, 2.75) is 41.5 Å². The zero-order valence-corrected chi connectivity index (χ0v) is 27.2. The van der Waals surface area contributed by atoms with Gasteiger partial charge in [-0.3, -0.25) is 14.9 Å². The Morgan fingerprint density at radius 2 is 1.02 bits per heavy atom. The number of thiazole rings is 1. The molecule has 4 aromatic rings. The molecule has 0 aliphatic carbocycles. The van der Waals surface area contributed by atoms with E-state index in [1.54, 1.807) is 42.5 Å². The highest BCUT2D eigenvalue weighted by Gasteiger charge is 2.21. The van der Waals surface area contributed by atoms with Gasteiger partial charge >= 0.3 is 0 Å². The van der Waals surface area contributed by atoms with Crippen LogP contribution in [-0.4, -0.2) is 56.4 Å². The molecule has 12 heteroatoms. The topological polar surface area (TPSA) is 126 Å². The van der Waals surface area contributed by atoms with E-state index in [0.29, 0.717) is 102 Å². The number of hydrogen-bond donors (Lipinski definition) is 2. The largest absolute Gasteiger partial charge is 0.490 e. The van der Waals surface area contributed by atoms with Gasteiger partial charge in [0, 0.05) is 16.8 Å². The van der Waals surface area contributed by atoms with Gasteiger partial charge in [-0.25, -0.2) is 4.98 Å². The summed E-state index contributed by atoms with van der Waals surface area (Å²) in [5, 5.41) is 6.20. The smallest absolute Gasteiger partial charge is 0.257 e. The van der Waals surface area contributed by atoms with E-state index in [-0.39, 0.29) is 11.8 Å². The molecule has 11 nitrogen and oxygen atoms in total. The first-order valence-corrected chi connectivity index (χ1v) is 15.8. The number of carbonyl (C=O) groups excluding carboxylic acids is 2. The van der Waals surface area contributed by atoms with E-state index < -0.39 is 0 Å². The van der Waals surface area contributed by atoms with E-state index in [1.807, 2.05) is 41.5 Å². The van der Waals surface area contributed by atoms with Crippen LogP contribution in [0.2, 0.25) is 0 Å². The number of nitrogens with zero attached hydrogens (tertiary/aromatic N) is 1. The molecule has 0 bridgehead atoms. The number of nitrogens with one attached hydrogen (secondary N) is 2. The van der Waals surface area contributed by atoms with Gasteiger partial charge in [0.05, 0.1) is 49.9 Å². The summed E-state index contributed by atoms with van der Waals surface area (Å²) in [6, 6.07) is 11.9. The summed E-state index contributed by atoms with van der Waals surface area (Å²) in [4.78, 5) is 31.1. The second-order valence-electron chi connectivity index (χ2n) is 9.31. The number of amides is 2. The highest BCUT2D eigenvalue weighted by Crippen LogP contribution is 2.41. The predicted molar refractivity (Wildman–Crippen MR) is 175 cm³/mol. The van der Waals surface area contributed by atoms with Crippen molar-refractivity contribution in [3.05, 3.63) is 53.6 Å². The van der Waals surface area contributed by atoms with Crippen molar-refractivity contribution >= 4 is 44.2 Å². The quantitative estimate of drug-likeness (QED) is 0.131. The molecule has 0 aliphatic rings. The van der Waals surface area contributed by atoms with E-state index in [0.717, 1.165) is 4.70 Å². The summed E-state index contributed by atoms with van der Waals surface area (Å²) in [6.45, 7) is 13.6. The lowest BCUT2D eigenvalue weighted by molar-refractivity contribution is 0.101. The zero-order valence-electron chi connectivity index (χ0n) is 26.4. The fourth-order valence-corrected chi connectivity index (χ4v) is 5.37. The van der Waals surface area contributed by atoms with Crippen LogP contribution in [-0.2, 0) is 0 Å². The first kappa shape index (κ1) is 33.2. The molecule has 0 aliphatic heterocycles. The SMILES string of the molecule is CCOc1cc(C(=O)Nc2ccc3nc(NC(=O)c4cc(OCC)c(OCC)c(OCC)c4)sc3c2)cc(OCC)c1OCC. The Kier molecular flexibility index (Phi) is 11.7. The third-order valence-electron chi connectivity index (χ3n) is 6.21. The number of aromatic nitrogens is 1. The first-order chi connectivity index (χ1) is 21.8. The van der Waals surface area contributed by atoms with Crippen LogP contribution in [0.4, 0.5) is 10.8 Å². The average molecular weight is 638 g/mol. The molecule has 0 unspecified atom stereocenters. The summed E-state index contributed by atoms with van der Waals surface area (Å²) < 4.78 is 35.2. The lowest BCUT2D eigenvalue weighted by atomic mass is 10.1. The lowest BCUT2D eigenvalue weighted by Gasteiger charge is -2.17. The molecule has 4 rings (SSSR count). The number of ether oxygens (including phenoxy) is 6. The van der Waals surface area contributed by atoms with Gasteiger partial charge in [0.25, 0.3) is 11.8 Å².